The van der Waals surface area contributed by atoms with Gasteiger partial charge in [0.2, 0.25) is 0 Å². The predicted molar refractivity (Wildman–Crippen MR) is 94.2 cm³/mol. The number of nitrogens with zero attached hydrogens (tertiary/aromatic N) is 1. The van der Waals surface area contributed by atoms with E-state index in [0.29, 0.717) is 13.0 Å². The number of para-hydroxylation sites is 1. The highest BCUT2D eigenvalue weighted by molar-refractivity contribution is 7.86. The zero-order chi connectivity index (χ0) is 18.2. The Morgan fingerprint density at radius 3 is 2.24 bits per heavy atom. The van der Waals surface area contributed by atoms with Crippen molar-refractivity contribution in [3.05, 3.63) is 36.0 Å². The second kappa shape index (κ2) is 6.71. The van der Waals surface area contributed by atoms with Crippen molar-refractivity contribution in [3.63, 3.8) is 0 Å². The maximum absolute atomic E-state index is 11.3. The highest BCUT2D eigenvalue weighted by atomic mass is 32.2. The zero-order valence-corrected chi connectivity index (χ0v) is 15.7. The number of rotatable bonds is 6. The molecule has 138 valence electrons. The molecule has 7 nitrogen and oxygen atoms in total. The van der Waals surface area contributed by atoms with E-state index in [4.69, 9.17) is 8.37 Å². The van der Waals surface area contributed by atoms with Crippen LogP contribution in [-0.4, -0.2) is 47.1 Å². The molecule has 0 fully saturated rings. The van der Waals surface area contributed by atoms with Gasteiger partial charge in [-0.15, -0.1) is 0 Å². The summed E-state index contributed by atoms with van der Waals surface area (Å²) < 4.78 is 57.5. The van der Waals surface area contributed by atoms with Crippen molar-refractivity contribution in [1.82, 2.24) is 4.57 Å². The Balaban J connectivity index is 1.88. The lowest BCUT2D eigenvalue weighted by atomic mass is 9.86. The smallest absolute Gasteiger partial charge is 0.264 e. The van der Waals surface area contributed by atoms with Crippen molar-refractivity contribution in [2.45, 2.75) is 13.0 Å². The second-order valence-corrected chi connectivity index (χ2v) is 9.79. The predicted octanol–water partition coefficient (Wildman–Crippen LogP) is 1.38. The minimum Gasteiger partial charge on any atom is -0.344 e. The van der Waals surface area contributed by atoms with Crippen LogP contribution in [0.3, 0.4) is 0 Å². The van der Waals surface area contributed by atoms with Gasteiger partial charge in [-0.2, -0.15) is 16.8 Å². The molecular formula is C16H21NO6S2. The number of hydrogen-bond donors (Lipinski definition) is 0. The number of hydrogen-bond acceptors (Lipinski definition) is 6. The maximum Gasteiger partial charge on any atom is 0.264 e. The Labute approximate surface area is 147 Å². The van der Waals surface area contributed by atoms with Crippen molar-refractivity contribution >= 4 is 31.1 Å². The Morgan fingerprint density at radius 2 is 1.60 bits per heavy atom. The first-order valence-electron chi connectivity index (χ1n) is 7.88. The first-order chi connectivity index (χ1) is 11.6. The molecule has 0 saturated carbocycles. The average Bonchev–Trinajstić information content (AvgIpc) is 2.86. The van der Waals surface area contributed by atoms with Crippen molar-refractivity contribution in [2.75, 3.05) is 25.7 Å². The minimum absolute atomic E-state index is 0.00255. The van der Waals surface area contributed by atoms with Crippen molar-refractivity contribution < 1.29 is 25.2 Å². The van der Waals surface area contributed by atoms with E-state index < -0.39 is 20.2 Å². The van der Waals surface area contributed by atoms with Crippen LogP contribution in [0, 0.1) is 11.8 Å². The van der Waals surface area contributed by atoms with Gasteiger partial charge in [0.15, 0.2) is 0 Å². The van der Waals surface area contributed by atoms with Crippen molar-refractivity contribution in [3.8, 4) is 0 Å². The molecule has 0 saturated heterocycles. The molecule has 1 aliphatic heterocycles. The third-order valence-electron chi connectivity index (χ3n) is 4.44. The molecule has 2 aromatic rings. The van der Waals surface area contributed by atoms with Crippen LogP contribution in [0.15, 0.2) is 30.3 Å². The van der Waals surface area contributed by atoms with Gasteiger partial charge >= 0.3 is 0 Å². The van der Waals surface area contributed by atoms with Gasteiger partial charge in [-0.3, -0.25) is 8.37 Å². The molecule has 1 aliphatic rings. The van der Waals surface area contributed by atoms with Crippen LogP contribution in [0.5, 0.6) is 0 Å². The van der Waals surface area contributed by atoms with Gasteiger partial charge in [0.1, 0.15) is 0 Å². The normalized spacial score (nSPS) is 21.4. The summed E-state index contributed by atoms with van der Waals surface area (Å²) in [6.45, 7) is 0.566. The molecule has 0 aliphatic carbocycles. The van der Waals surface area contributed by atoms with E-state index in [-0.39, 0.29) is 25.0 Å². The van der Waals surface area contributed by atoms with Crippen LogP contribution in [0.2, 0.25) is 0 Å². The molecule has 0 bridgehead atoms. The third kappa shape index (κ3) is 4.60. The number of aromatic nitrogens is 1. The molecule has 3 rings (SSSR count). The summed E-state index contributed by atoms with van der Waals surface area (Å²) >= 11 is 0. The maximum atomic E-state index is 11.3. The zero-order valence-electron chi connectivity index (χ0n) is 14.1. The molecule has 0 unspecified atom stereocenters. The molecule has 2 atom stereocenters. The van der Waals surface area contributed by atoms with Crippen LogP contribution < -0.4 is 0 Å². The van der Waals surface area contributed by atoms with Gasteiger partial charge in [-0.05, 0) is 29.9 Å². The minimum atomic E-state index is -3.57. The van der Waals surface area contributed by atoms with E-state index in [1.54, 1.807) is 0 Å². The van der Waals surface area contributed by atoms with Gasteiger partial charge in [-0.25, -0.2) is 0 Å². The number of fused-ring (bicyclic) bond motifs is 3. The summed E-state index contributed by atoms with van der Waals surface area (Å²) in [7, 11) is -7.12. The fourth-order valence-corrected chi connectivity index (χ4v) is 4.12. The van der Waals surface area contributed by atoms with Gasteiger partial charge in [0.05, 0.1) is 25.7 Å². The SMILES string of the molecule is CS(=O)(=O)OC[C@@H]1Cc2cc3ccccc3n2C[C@H]1COS(C)(=O)=O. The molecular weight excluding hydrogens is 366 g/mol. The summed E-state index contributed by atoms with van der Waals surface area (Å²) in [5.74, 6) is -0.312. The highest BCUT2D eigenvalue weighted by Crippen LogP contribution is 2.32. The Hall–Kier alpha value is -1.42. The van der Waals surface area contributed by atoms with Crippen LogP contribution in [0.25, 0.3) is 10.9 Å². The lowest BCUT2D eigenvalue weighted by Gasteiger charge is -2.32. The second-order valence-electron chi connectivity index (χ2n) is 6.51. The third-order valence-corrected chi connectivity index (χ3v) is 5.57. The van der Waals surface area contributed by atoms with Crippen molar-refractivity contribution in [2.24, 2.45) is 11.8 Å². The monoisotopic (exact) mass is 387 g/mol. The molecule has 1 aromatic heterocycles. The summed E-state index contributed by atoms with van der Waals surface area (Å²) in [6.07, 6.45) is 2.62. The molecule has 0 N–H and O–H groups in total. The van der Waals surface area contributed by atoms with Gasteiger partial charge in [-0.1, -0.05) is 18.2 Å². The molecule has 0 spiro atoms. The lowest BCUT2D eigenvalue weighted by Crippen LogP contribution is -2.36. The van der Waals surface area contributed by atoms with E-state index in [9.17, 15) is 16.8 Å². The number of benzene rings is 1. The van der Waals surface area contributed by atoms with Crippen LogP contribution in [0.1, 0.15) is 5.69 Å². The quantitative estimate of drug-likeness (QED) is 0.696. The molecule has 1 aromatic carbocycles. The largest absolute Gasteiger partial charge is 0.344 e. The van der Waals surface area contributed by atoms with Crippen LogP contribution in [0.4, 0.5) is 0 Å². The first kappa shape index (κ1) is 18.4. The van der Waals surface area contributed by atoms with Crippen LogP contribution in [-0.2, 0) is 41.6 Å². The molecule has 0 radical (unpaired) electrons. The highest BCUT2D eigenvalue weighted by Gasteiger charge is 2.31. The van der Waals surface area contributed by atoms with Crippen molar-refractivity contribution in [1.29, 1.82) is 0 Å². The Bertz CT molecular complexity index is 977. The topological polar surface area (TPSA) is 91.7 Å². The molecule has 2 heterocycles. The van der Waals surface area contributed by atoms with E-state index in [1.165, 1.54) is 0 Å². The standard InChI is InChI=1S/C16H21NO6S2/c1-24(18,19)22-10-13-8-15-7-12-5-3-4-6-16(12)17(15)9-14(13)11-23-25(2,20)21/h3-7,13-14H,8-11H2,1-2H3/t13-,14-/m0/s1. The van der Waals surface area contributed by atoms with E-state index in [2.05, 4.69) is 10.6 Å². The summed E-state index contributed by atoms with van der Waals surface area (Å²) in [5, 5.41) is 1.10. The van der Waals surface area contributed by atoms with Crippen LogP contribution >= 0.6 is 0 Å². The van der Waals surface area contributed by atoms with E-state index >= 15 is 0 Å². The molecule has 9 heteroatoms. The van der Waals surface area contributed by atoms with Gasteiger partial charge in [0.25, 0.3) is 20.2 Å². The Kier molecular flexibility index (Phi) is 4.93. The van der Waals surface area contributed by atoms with E-state index in [1.807, 2.05) is 24.3 Å². The molecule has 25 heavy (non-hydrogen) atoms. The average molecular weight is 387 g/mol. The fourth-order valence-electron chi connectivity index (χ4n) is 3.28. The van der Waals surface area contributed by atoms with Gasteiger partial charge < -0.3 is 4.57 Å². The first-order valence-corrected chi connectivity index (χ1v) is 11.5. The summed E-state index contributed by atoms with van der Waals surface area (Å²) in [4.78, 5) is 0. The Morgan fingerprint density at radius 1 is 1.00 bits per heavy atom. The summed E-state index contributed by atoms with van der Waals surface area (Å²) in [5.41, 5.74) is 2.16. The van der Waals surface area contributed by atoms with E-state index in [0.717, 1.165) is 29.1 Å². The lowest BCUT2D eigenvalue weighted by molar-refractivity contribution is 0.120. The van der Waals surface area contributed by atoms with Gasteiger partial charge in [0, 0.05) is 23.7 Å². The molecule has 0 amide bonds. The fraction of sp³-hybridized carbons (Fsp3) is 0.500. The summed E-state index contributed by atoms with van der Waals surface area (Å²) in [6, 6.07) is 10.0.